The zero-order valence-corrected chi connectivity index (χ0v) is 18.4. The molecule has 36 heavy (non-hydrogen) atoms. The van der Waals surface area contributed by atoms with Crippen LogP contribution in [0, 0.1) is 0 Å². The van der Waals surface area contributed by atoms with Crippen LogP contribution >= 0.6 is 0 Å². The molecule has 0 aliphatic heterocycles. The molecule has 2 aromatic heterocycles. The number of fused-ring (bicyclic) bond motifs is 6. The predicted octanol–water partition coefficient (Wildman–Crippen LogP) is 9.97. The molecule has 0 N–H and O–H groups in total. The lowest BCUT2D eigenvalue weighted by molar-refractivity contribution is 0.613. The molecule has 0 amide bonds. The normalized spacial score (nSPS) is 16.9. The lowest BCUT2D eigenvalue weighted by atomic mass is 9.85. The molecular formula is C34H20O2. The fourth-order valence-electron chi connectivity index (χ4n) is 4.97. The van der Waals surface area contributed by atoms with Gasteiger partial charge in [-0.25, -0.2) is 0 Å². The van der Waals surface area contributed by atoms with E-state index in [1.54, 1.807) is 36.6 Å². The third kappa shape index (κ3) is 2.67. The third-order valence-electron chi connectivity index (χ3n) is 6.47. The van der Waals surface area contributed by atoms with E-state index in [9.17, 15) is 0 Å². The lowest BCUT2D eigenvalue weighted by Crippen LogP contribution is -1.90. The van der Waals surface area contributed by atoms with Crippen molar-refractivity contribution in [3.63, 3.8) is 0 Å². The maximum atomic E-state index is 9.17. The van der Waals surface area contributed by atoms with Gasteiger partial charge in [0.25, 0.3) is 0 Å². The van der Waals surface area contributed by atoms with Crippen LogP contribution in [0.1, 0.15) is 17.8 Å². The van der Waals surface area contributed by atoms with Gasteiger partial charge in [-0.1, -0.05) is 96.8 Å². The first-order valence-electron chi connectivity index (χ1n) is 17.6. The number of rotatable bonds is 2. The summed E-state index contributed by atoms with van der Waals surface area (Å²) in [6.45, 7) is 0. The van der Waals surface area contributed by atoms with Gasteiger partial charge in [0.05, 0.1) is 24.1 Å². The van der Waals surface area contributed by atoms with E-state index in [1.165, 1.54) is 0 Å². The molecule has 0 spiro atoms. The van der Waals surface area contributed by atoms with Crippen molar-refractivity contribution in [1.82, 2.24) is 0 Å². The fraction of sp³-hybridized carbons (Fsp3) is 0. The number of benzene rings is 6. The van der Waals surface area contributed by atoms with Crippen LogP contribution in [0.5, 0.6) is 0 Å². The van der Waals surface area contributed by atoms with Crippen LogP contribution in [0.4, 0.5) is 0 Å². The van der Waals surface area contributed by atoms with Crippen molar-refractivity contribution in [2.24, 2.45) is 0 Å². The van der Waals surface area contributed by atoms with Crippen molar-refractivity contribution in [1.29, 1.82) is 0 Å². The van der Waals surface area contributed by atoms with E-state index in [0.717, 1.165) is 5.39 Å². The van der Waals surface area contributed by atoms with E-state index in [0.29, 0.717) is 21.9 Å². The van der Waals surface area contributed by atoms with Gasteiger partial charge < -0.3 is 8.83 Å². The second-order valence-corrected chi connectivity index (χ2v) is 8.34. The van der Waals surface area contributed by atoms with Crippen molar-refractivity contribution in [2.45, 2.75) is 0 Å². The third-order valence-corrected chi connectivity index (χ3v) is 6.47. The maximum absolute atomic E-state index is 9.17. The minimum absolute atomic E-state index is 0.00783. The minimum atomic E-state index is -0.721. The Morgan fingerprint density at radius 3 is 1.94 bits per heavy atom. The van der Waals surface area contributed by atoms with Gasteiger partial charge in [-0.3, -0.25) is 0 Å². The Bertz CT molecular complexity index is 2710. The van der Waals surface area contributed by atoms with E-state index >= 15 is 0 Å². The Morgan fingerprint density at radius 1 is 0.556 bits per heavy atom. The summed E-state index contributed by atoms with van der Waals surface area (Å²) in [5.74, 6) is 0. The predicted molar refractivity (Wildman–Crippen MR) is 149 cm³/mol. The van der Waals surface area contributed by atoms with Gasteiger partial charge in [0.2, 0.25) is 0 Å². The fourth-order valence-corrected chi connectivity index (χ4v) is 4.97. The highest BCUT2D eigenvalue weighted by molar-refractivity contribution is 6.24. The van der Waals surface area contributed by atoms with E-state index in [2.05, 4.69) is 0 Å². The molecule has 0 atom stereocenters. The molecule has 2 heteroatoms. The highest BCUT2D eigenvalue weighted by Crippen LogP contribution is 2.46. The molecule has 0 saturated heterocycles. The van der Waals surface area contributed by atoms with Crippen LogP contribution in [0.15, 0.2) is 130 Å². The summed E-state index contributed by atoms with van der Waals surface area (Å²) in [6, 6.07) is 1.97. The smallest absolute Gasteiger partial charge is 0.143 e. The average Bonchev–Trinajstić information content (AvgIpc) is 3.71. The molecule has 0 aliphatic carbocycles. The summed E-state index contributed by atoms with van der Waals surface area (Å²) >= 11 is 0. The van der Waals surface area contributed by atoms with Crippen molar-refractivity contribution in [3.05, 3.63) is 121 Å². The van der Waals surface area contributed by atoms with Crippen molar-refractivity contribution >= 4 is 54.5 Å². The summed E-state index contributed by atoms with van der Waals surface area (Å²) in [7, 11) is 0. The zero-order chi connectivity index (χ0) is 35.0. The van der Waals surface area contributed by atoms with Gasteiger partial charge in [-0.2, -0.15) is 0 Å². The highest BCUT2D eigenvalue weighted by Gasteiger charge is 2.20. The van der Waals surface area contributed by atoms with Crippen LogP contribution in [-0.2, 0) is 0 Å². The quantitative estimate of drug-likeness (QED) is 0.233. The first kappa shape index (κ1) is 10.8. The molecule has 6 aromatic carbocycles. The average molecular weight is 474 g/mol. The molecule has 168 valence electrons. The van der Waals surface area contributed by atoms with Crippen LogP contribution in [-0.4, -0.2) is 0 Å². The zero-order valence-electron chi connectivity index (χ0n) is 31.4. The van der Waals surface area contributed by atoms with Gasteiger partial charge in [0.1, 0.15) is 16.7 Å². The number of hydrogen-bond donors (Lipinski definition) is 0. The van der Waals surface area contributed by atoms with E-state index in [1.807, 2.05) is 6.07 Å². The molecular weight excluding hydrogens is 440 g/mol. The maximum Gasteiger partial charge on any atom is 0.143 e. The molecule has 8 aromatic rings. The molecule has 0 fully saturated rings. The van der Waals surface area contributed by atoms with Crippen LogP contribution < -0.4 is 0 Å². The molecule has 0 radical (unpaired) electrons. The summed E-state index contributed by atoms with van der Waals surface area (Å²) in [4.78, 5) is 0. The second kappa shape index (κ2) is 7.34. The highest BCUT2D eigenvalue weighted by atomic mass is 16.3. The Morgan fingerprint density at radius 2 is 1.22 bits per heavy atom. The monoisotopic (exact) mass is 473 g/mol. The summed E-state index contributed by atoms with van der Waals surface area (Å²) < 4.78 is 126. The van der Waals surface area contributed by atoms with Gasteiger partial charge in [0, 0.05) is 33.4 Å². The topological polar surface area (TPSA) is 26.3 Å². The summed E-state index contributed by atoms with van der Waals surface area (Å²) in [6.07, 6.45) is 1.55. The van der Waals surface area contributed by atoms with Crippen LogP contribution in [0.3, 0.4) is 0 Å². The molecule has 0 aliphatic rings. The molecule has 0 bridgehead atoms. The molecule has 8 rings (SSSR count). The molecule has 2 heterocycles. The summed E-state index contributed by atoms with van der Waals surface area (Å²) in [5.41, 5.74) is 0.738. The first-order chi connectivity index (χ1) is 23.3. The van der Waals surface area contributed by atoms with Gasteiger partial charge in [0.15, 0.2) is 0 Å². The Kier molecular flexibility index (Phi) is 2.21. The van der Waals surface area contributed by atoms with Crippen molar-refractivity contribution < 1.29 is 26.7 Å². The largest absolute Gasteiger partial charge is 0.464 e. The van der Waals surface area contributed by atoms with Crippen molar-refractivity contribution in [3.8, 4) is 22.3 Å². The van der Waals surface area contributed by atoms with Crippen LogP contribution in [0.2, 0.25) is 0 Å². The molecule has 2 nitrogen and oxygen atoms in total. The first-order valence-corrected chi connectivity index (χ1v) is 11.1. The number of hydrogen-bond acceptors (Lipinski definition) is 2. The lowest BCUT2D eigenvalue weighted by Gasteiger charge is -2.17. The number of para-hydroxylation sites is 1. The Balaban J connectivity index is 1.71. The number of furan rings is 2. The Labute approximate surface area is 225 Å². The SMILES string of the molecule is [2H]c1c([2H])c([2H])c(-c2c3c([2H])c([2H])c([2H])c([2H])c3c(-c3cccc4c3oc3cc5occc5cc34)c3c([2H])c([2H])c([2H])c([2H])c23)c([2H])c1[2H]. The Hall–Kier alpha value is -4.82. The summed E-state index contributed by atoms with van der Waals surface area (Å²) in [5, 5.41) is 1.24. The second-order valence-electron chi connectivity index (χ2n) is 8.34. The van der Waals surface area contributed by atoms with Gasteiger partial charge in [-0.15, -0.1) is 0 Å². The standard InChI is InChI=1S/C34H20O2/c1-2-9-21(10-3-1)32-23-11-4-6-13-25(23)33(26-14-7-5-12-24(26)32)28-16-8-15-27-29-19-22-17-18-35-30(22)20-31(29)36-34(27)28/h1-20H/i1D,2D,3D,4D,5D,6D,7D,9D,10D,11D,12D,13D,14D. The van der Waals surface area contributed by atoms with Crippen LogP contribution in [0.25, 0.3) is 76.7 Å². The van der Waals surface area contributed by atoms with E-state index in [-0.39, 0.29) is 43.8 Å². The van der Waals surface area contributed by atoms with E-state index in [4.69, 9.17) is 26.7 Å². The van der Waals surface area contributed by atoms with Gasteiger partial charge in [-0.05, 0) is 44.8 Å². The van der Waals surface area contributed by atoms with Gasteiger partial charge >= 0.3 is 0 Å². The van der Waals surface area contributed by atoms with E-state index < -0.39 is 84.1 Å². The molecule has 0 unspecified atom stereocenters. The minimum Gasteiger partial charge on any atom is -0.464 e. The van der Waals surface area contributed by atoms with Crippen molar-refractivity contribution in [2.75, 3.05) is 0 Å². The molecule has 0 saturated carbocycles.